The van der Waals surface area contributed by atoms with Gasteiger partial charge < -0.3 is 14.6 Å². The van der Waals surface area contributed by atoms with Crippen LogP contribution < -0.4 is 10.1 Å². The molecule has 1 amide bonds. The quantitative estimate of drug-likeness (QED) is 0.435. The molecule has 1 aromatic heterocycles. The highest BCUT2D eigenvalue weighted by Crippen LogP contribution is 2.25. The number of rotatable bonds is 10. The Morgan fingerprint density at radius 2 is 1.81 bits per heavy atom. The summed E-state index contributed by atoms with van der Waals surface area (Å²) in [4.78, 5) is 12.5. The third kappa shape index (κ3) is 5.88. The van der Waals surface area contributed by atoms with Crippen LogP contribution in [0.25, 0.3) is 0 Å². The van der Waals surface area contributed by atoms with Crippen LogP contribution in [-0.4, -0.2) is 26.4 Å². The molecule has 31 heavy (non-hydrogen) atoms. The van der Waals surface area contributed by atoms with Crippen molar-refractivity contribution in [1.29, 1.82) is 0 Å². The average molecular weight is 439 g/mol. The number of hydrogen-bond donors (Lipinski definition) is 1. The lowest BCUT2D eigenvalue weighted by molar-refractivity contribution is -0.113. The molecule has 0 aliphatic rings. The predicted molar refractivity (Wildman–Crippen MR) is 126 cm³/mol. The Hall–Kier alpha value is -2.80. The van der Waals surface area contributed by atoms with Crippen LogP contribution in [0.4, 0.5) is 5.69 Å². The zero-order valence-electron chi connectivity index (χ0n) is 18.6. The van der Waals surface area contributed by atoms with Gasteiger partial charge in [0.05, 0.1) is 5.75 Å². The first-order valence-electron chi connectivity index (χ1n) is 10.7. The summed E-state index contributed by atoms with van der Waals surface area (Å²) in [6.07, 6.45) is 1.62. The van der Waals surface area contributed by atoms with Gasteiger partial charge in [-0.15, -0.1) is 10.2 Å². The van der Waals surface area contributed by atoms with Gasteiger partial charge in [-0.1, -0.05) is 55.9 Å². The van der Waals surface area contributed by atoms with E-state index in [9.17, 15) is 4.79 Å². The van der Waals surface area contributed by atoms with Crippen LogP contribution in [0.1, 0.15) is 50.8 Å². The van der Waals surface area contributed by atoms with E-state index in [2.05, 4.69) is 41.5 Å². The number of nitrogens with zero attached hydrogens (tertiary/aromatic N) is 3. The molecule has 1 heterocycles. The zero-order valence-corrected chi connectivity index (χ0v) is 19.4. The van der Waals surface area contributed by atoms with Gasteiger partial charge in [0.2, 0.25) is 5.91 Å². The largest absolute Gasteiger partial charge is 0.483 e. The summed E-state index contributed by atoms with van der Waals surface area (Å²) >= 11 is 1.38. The van der Waals surface area contributed by atoms with Crippen molar-refractivity contribution in [3.63, 3.8) is 0 Å². The molecule has 0 bridgehead atoms. The number of amides is 1. The number of benzene rings is 2. The average Bonchev–Trinajstić information content (AvgIpc) is 3.21. The normalized spacial score (nSPS) is 11.9. The maximum Gasteiger partial charge on any atom is 0.234 e. The molecule has 2 aromatic carbocycles. The minimum absolute atomic E-state index is 0.0570. The van der Waals surface area contributed by atoms with Gasteiger partial charge in [0.25, 0.3) is 0 Å². The highest BCUT2D eigenvalue weighted by atomic mass is 32.2. The van der Waals surface area contributed by atoms with E-state index < -0.39 is 0 Å². The van der Waals surface area contributed by atoms with Gasteiger partial charge in [-0.05, 0) is 56.0 Å². The lowest BCUT2D eigenvalue weighted by atomic mass is 10.1. The molecule has 0 saturated carbocycles. The van der Waals surface area contributed by atoms with Gasteiger partial charge in [-0.2, -0.15) is 0 Å². The van der Waals surface area contributed by atoms with Crippen LogP contribution in [0.2, 0.25) is 0 Å². The summed E-state index contributed by atoms with van der Waals surface area (Å²) in [6, 6.07) is 16.0. The summed E-state index contributed by atoms with van der Waals surface area (Å²) < 4.78 is 8.08. The second kappa shape index (κ2) is 11.0. The fraction of sp³-hybridized carbons (Fsp3) is 0.375. The molecule has 3 rings (SSSR count). The van der Waals surface area contributed by atoms with Crippen molar-refractivity contribution in [3.8, 4) is 5.75 Å². The molecular weight excluding hydrogens is 408 g/mol. The Morgan fingerprint density at radius 3 is 2.48 bits per heavy atom. The number of aromatic nitrogens is 3. The molecule has 3 aromatic rings. The smallest absolute Gasteiger partial charge is 0.234 e. The van der Waals surface area contributed by atoms with Crippen molar-refractivity contribution in [3.05, 3.63) is 65.5 Å². The van der Waals surface area contributed by atoms with E-state index in [1.54, 1.807) is 0 Å². The first-order valence-corrected chi connectivity index (χ1v) is 11.7. The third-order valence-electron chi connectivity index (χ3n) is 5.07. The van der Waals surface area contributed by atoms with Crippen LogP contribution in [-0.2, 0) is 24.2 Å². The maximum atomic E-state index is 12.5. The lowest BCUT2D eigenvalue weighted by Gasteiger charge is -2.16. The maximum absolute atomic E-state index is 12.5. The number of hydrogen-bond acceptors (Lipinski definition) is 5. The molecule has 0 aliphatic heterocycles. The molecule has 0 aliphatic carbocycles. The number of para-hydroxylation sites is 1. The fourth-order valence-corrected chi connectivity index (χ4v) is 4.14. The molecule has 1 N–H and O–H groups in total. The Bertz CT molecular complexity index is 1000. The standard InChI is InChI=1S/C24H30N4O2S/c1-5-18-12-14-20(15-13-18)30-17(4)23-26-27-24(28(23)7-3)31-16-22(29)25-21-11-9-8-10-19(21)6-2/h8-15,17H,5-7,16H2,1-4H3,(H,25,29). The second-order valence-corrected chi connectivity index (χ2v) is 8.13. The van der Waals surface area contributed by atoms with Crippen LogP contribution >= 0.6 is 11.8 Å². The van der Waals surface area contributed by atoms with Gasteiger partial charge >= 0.3 is 0 Å². The van der Waals surface area contributed by atoms with Crippen molar-refractivity contribution in [1.82, 2.24) is 14.8 Å². The van der Waals surface area contributed by atoms with Crippen molar-refractivity contribution in [2.24, 2.45) is 0 Å². The summed E-state index contributed by atoms with van der Waals surface area (Å²) in [6.45, 7) is 8.91. The van der Waals surface area contributed by atoms with E-state index in [4.69, 9.17) is 4.74 Å². The number of carbonyl (C=O) groups is 1. The number of ether oxygens (including phenoxy) is 1. The number of aryl methyl sites for hydroxylation is 2. The van der Waals surface area contributed by atoms with Gasteiger partial charge in [0, 0.05) is 12.2 Å². The van der Waals surface area contributed by atoms with E-state index in [0.29, 0.717) is 11.7 Å². The van der Waals surface area contributed by atoms with Crippen molar-refractivity contribution in [2.75, 3.05) is 11.1 Å². The summed E-state index contributed by atoms with van der Waals surface area (Å²) in [5.41, 5.74) is 3.26. The molecule has 7 heteroatoms. The number of thioether (sulfide) groups is 1. The molecule has 0 spiro atoms. The molecule has 0 radical (unpaired) electrons. The topological polar surface area (TPSA) is 69.0 Å². The van der Waals surface area contributed by atoms with E-state index in [-0.39, 0.29) is 17.8 Å². The molecule has 0 saturated heterocycles. The SMILES string of the molecule is CCc1ccc(OC(C)c2nnc(SCC(=O)Nc3ccccc3CC)n2CC)cc1. The van der Waals surface area contributed by atoms with Gasteiger partial charge in [-0.3, -0.25) is 4.79 Å². The summed E-state index contributed by atoms with van der Waals surface area (Å²) in [7, 11) is 0. The summed E-state index contributed by atoms with van der Waals surface area (Å²) in [5, 5.41) is 12.4. The molecule has 164 valence electrons. The first kappa shape index (κ1) is 22.9. The number of carbonyl (C=O) groups excluding carboxylic acids is 1. The van der Waals surface area contributed by atoms with E-state index in [1.165, 1.54) is 17.3 Å². The lowest BCUT2D eigenvalue weighted by Crippen LogP contribution is -2.16. The van der Waals surface area contributed by atoms with E-state index >= 15 is 0 Å². The van der Waals surface area contributed by atoms with Crippen LogP contribution in [0, 0.1) is 0 Å². The van der Waals surface area contributed by atoms with Crippen LogP contribution in [0.3, 0.4) is 0 Å². The van der Waals surface area contributed by atoms with Crippen molar-refractivity contribution in [2.45, 2.75) is 58.3 Å². The van der Waals surface area contributed by atoms with Gasteiger partial charge in [-0.25, -0.2) is 0 Å². The monoisotopic (exact) mass is 438 g/mol. The van der Waals surface area contributed by atoms with Gasteiger partial charge in [0.1, 0.15) is 5.75 Å². The molecule has 1 atom stereocenters. The molecule has 1 unspecified atom stereocenters. The third-order valence-corrected chi connectivity index (χ3v) is 6.04. The van der Waals surface area contributed by atoms with Crippen molar-refractivity contribution >= 4 is 23.4 Å². The van der Waals surface area contributed by atoms with Crippen molar-refractivity contribution < 1.29 is 9.53 Å². The second-order valence-electron chi connectivity index (χ2n) is 7.19. The number of anilines is 1. The fourth-order valence-electron chi connectivity index (χ4n) is 3.33. The highest BCUT2D eigenvalue weighted by Gasteiger charge is 2.19. The van der Waals surface area contributed by atoms with E-state index in [1.807, 2.05) is 54.8 Å². The van der Waals surface area contributed by atoms with Crippen LogP contribution in [0.5, 0.6) is 5.75 Å². The molecular formula is C24H30N4O2S. The Labute approximate surface area is 188 Å². The van der Waals surface area contributed by atoms with E-state index in [0.717, 1.165) is 35.7 Å². The minimum atomic E-state index is -0.250. The Kier molecular flexibility index (Phi) is 8.12. The Balaban J connectivity index is 1.63. The molecule has 0 fully saturated rings. The first-order chi connectivity index (χ1) is 15.0. The molecule has 6 nitrogen and oxygen atoms in total. The Morgan fingerprint density at radius 1 is 1.06 bits per heavy atom. The minimum Gasteiger partial charge on any atom is -0.483 e. The number of nitrogens with one attached hydrogen (secondary N) is 1. The predicted octanol–water partition coefficient (Wildman–Crippen LogP) is 5.29. The van der Waals surface area contributed by atoms with Gasteiger partial charge in [0.15, 0.2) is 17.1 Å². The highest BCUT2D eigenvalue weighted by molar-refractivity contribution is 7.99. The van der Waals surface area contributed by atoms with Crippen LogP contribution in [0.15, 0.2) is 53.7 Å². The zero-order chi connectivity index (χ0) is 22.2. The summed E-state index contributed by atoms with van der Waals surface area (Å²) in [5.74, 6) is 1.77.